The zero-order chi connectivity index (χ0) is 18.6. The molecule has 2 aromatic heterocycles. The van der Waals surface area contributed by atoms with Gasteiger partial charge >= 0.3 is 0 Å². The second-order valence-corrected chi connectivity index (χ2v) is 7.20. The number of nitrogens with zero attached hydrogens (tertiary/aromatic N) is 1. The molecule has 132 valence electrons. The van der Waals surface area contributed by atoms with E-state index in [-0.39, 0.29) is 5.78 Å². The summed E-state index contributed by atoms with van der Waals surface area (Å²) in [6, 6.07) is 26.1. The number of hydrogen-bond donors (Lipinski definition) is 1. The molecule has 0 fully saturated rings. The van der Waals surface area contributed by atoms with Crippen LogP contribution >= 0.6 is 11.3 Å². The molecule has 2 aromatic carbocycles. The summed E-state index contributed by atoms with van der Waals surface area (Å²) in [5, 5.41) is 4.45. The van der Waals surface area contributed by atoms with Gasteiger partial charge in [0.05, 0.1) is 10.4 Å². The van der Waals surface area contributed by atoms with Crippen molar-refractivity contribution in [3.05, 3.63) is 96.1 Å². The average molecular weight is 371 g/mol. The third-order valence-electron chi connectivity index (χ3n) is 4.27. The number of pyridine rings is 1. The fraction of sp³-hybridized carbons (Fsp3) is 0.0435. The van der Waals surface area contributed by atoms with E-state index in [0.29, 0.717) is 0 Å². The third-order valence-corrected chi connectivity index (χ3v) is 5.47. The highest BCUT2D eigenvalue weighted by atomic mass is 32.1. The summed E-state index contributed by atoms with van der Waals surface area (Å²) < 4.78 is 2.07. The van der Waals surface area contributed by atoms with Crippen LogP contribution in [-0.4, -0.2) is 5.78 Å². The minimum Gasteiger partial charge on any atom is -0.342 e. The summed E-state index contributed by atoms with van der Waals surface area (Å²) >= 11 is 1.50. The summed E-state index contributed by atoms with van der Waals surface area (Å²) in [7, 11) is 0. The smallest absolute Gasteiger partial charge is 0.254 e. The van der Waals surface area contributed by atoms with Crippen LogP contribution in [0, 0.1) is 0 Å². The van der Waals surface area contributed by atoms with E-state index in [2.05, 4.69) is 9.88 Å². The number of aromatic nitrogens is 1. The van der Waals surface area contributed by atoms with Gasteiger partial charge in [-0.25, -0.2) is 0 Å². The standard InChI is InChI=1S/C23H18N2OS/c1-17(26)22-20(18-11-5-2-6-12-18)21(25-15-9-4-10-16-25)23(27-22)24-19-13-7-3-8-14-19/h2-16H,1H3/p+1. The Morgan fingerprint density at radius 1 is 0.852 bits per heavy atom. The van der Waals surface area contributed by atoms with E-state index in [4.69, 9.17) is 0 Å². The minimum atomic E-state index is 0.0674. The molecule has 0 aliphatic rings. The van der Waals surface area contributed by atoms with E-state index in [1.807, 2.05) is 91.3 Å². The maximum absolute atomic E-state index is 12.5. The van der Waals surface area contributed by atoms with Crippen molar-refractivity contribution in [1.29, 1.82) is 0 Å². The molecule has 4 heteroatoms. The molecule has 0 saturated heterocycles. The van der Waals surface area contributed by atoms with Gasteiger partial charge in [-0.1, -0.05) is 54.6 Å². The Balaban J connectivity index is 1.97. The van der Waals surface area contributed by atoms with Gasteiger partial charge in [0.2, 0.25) is 0 Å². The van der Waals surface area contributed by atoms with Gasteiger partial charge in [-0.05, 0) is 24.6 Å². The van der Waals surface area contributed by atoms with E-state index in [9.17, 15) is 4.79 Å². The largest absolute Gasteiger partial charge is 0.342 e. The van der Waals surface area contributed by atoms with Crippen molar-refractivity contribution in [3.63, 3.8) is 0 Å². The van der Waals surface area contributed by atoms with Gasteiger partial charge in [0.15, 0.2) is 23.2 Å². The molecule has 0 unspecified atom stereocenters. The van der Waals surface area contributed by atoms with Crippen LogP contribution in [0.15, 0.2) is 91.3 Å². The van der Waals surface area contributed by atoms with E-state index in [1.54, 1.807) is 6.92 Å². The number of thiophene rings is 1. The van der Waals surface area contributed by atoms with Crippen LogP contribution in [0.4, 0.5) is 10.7 Å². The number of rotatable bonds is 5. The Labute approximate surface area is 162 Å². The number of anilines is 2. The molecular weight excluding hydrogens is 352 g/mol. The number of carbonyl (C=O) groups is 1. The van der Waals surface area contributed by atoms with E-state index in [0.717, 1.165) is 32.4 Å². The number of Topliss-reactive ketones (excluding diaryl/α,β-unsaturated/α-hetero) is 1. The monoisotopic (exact) mass is 371 g/mol. The number of hydrogen-bond acceptors (Lipinski definition) is 3. The highest BCUT2D eigenvalue weighted by Gasteiger charge is 2.29. The van der Waals surface area contributed by atoms with E-state index in [1.165, 1.54) is 11.3 Å². The van der Waals surface area contributed by atoms with Crippen LogP contribution in [0.25, 0.3) is 16.8 Å². The van der Waals surface area contributed by atoms with Crippen molar-refractivity contribution in [1.82, 2.24) is 0 Å². The highest BCUT2D eigenvalue weighted by Crippen LogP contribution is 2.42. The van der Waals surface area contributed by atoms with Crippen LogP contribution < -0.4 is 9.88 Å². The normalized spacial score (nSPS) is 10.6. The molecule has 2 heterocycles. The van der Waals surface area contributed by atoms with Crippen molar-refractivity contribution >= 4 is 27.8 Å². The molecule has 0 amide bonds. The SMILES string of the molecule is CC(=O)c1sc(Nc2ccccc2)c(-[n+]2ccccc2)c1-c1ccccc1. The molecule has 4 rings (SSSR count). The fourth-order valence-corrected chi connectivity index (χ4v) is 4.21. The quantitative estimate of drug-likeness (QED) is 0.364. The lowest BCUT2D eigenvalue weighted by atomic mass is 10.0. The van der Waals surface area contributed by atoms with Gasteiger partial charge in [0.1, 0.15) is 0 Å². The van der Waals surface area contributed by atoms with E-state index < -0.39 is 0 Å². The Bertz CT molecular complexity index is 1060. The third kappa shape index (κ3) is 3.52. The lowest BCUT2D eigenvalue weighted by molar-refractivity contribution is -0.594. The van der Waals surface area contributed by atoms with Gasteiger partial charge in [-0.3, -0.25) is 4.79 Å². The molecular formula is C23H19N2OS+. The number of para-hydroxylation sites is 1. The average Bonchev–Trinajstić information content (AvgIpc) is 3.09. The number of benzene rings is 2. The molecule has 0 aliphatic carbocycles. The van der Waals surface area contributed by atoms with Crippen molar-refractivity contribution in [2.45, 2.75) is 6.92 Å². The number of nitrogens with one attached hydrogen (secondary N) is 1. The molecule has 1 N–H and O–H groups in total. The molecule has 27 heavy (non-hydrogen) atoms. The fourth-order valence-electron chi connectivity index (χ4n) is 3.07. The second kappa shape index (κ2) is 7.56. The van der Waals surface area contributed by atoms with Gasteiger partial charge in [0.25, 0.3) is 5.69 Å². The maximum Gasteiger partial charge on any atom is 0.254 e. The Kier molecular flexibility index (Phi) is 4.81. The zero-order valence-electron chi connectivity index (χ0n) is 14.9. The first-order chi connectivity index (χ1) is 13.2. The summed E-state index contributed by atoms with van der Waals surface area (Å²) in [5.74, 6) is 0.0674. The lowest BCUT2D eigenvalue weighted by Gasteiger charge is -2.06. The topological polar surface area (TPSA) is 33.0 Å². The van der Waals surface area contributed by atoms with Crippen LogP contribution in [0.1, 0.15) is 16.6 Å². The van der Waals surface area contributed by atoms with Crippen molar-refractivity contribution in [2.24, 2.45) is 0 Å². The zero-order valence-corrected chi connectivity index (χ0v) is 15.7. The number of carbonyl (C=O) groups excluding carboxylic acids is 1. The van der Waals surface area contributed by atoms with E-state index >= 15 is 0 Å². The predicted molar refractivity (Wildman–Crippen MR) is 111 cm³/mol. The first-order valence-electron chi connectivity index (χ1n) is 8.76. The highest BCUT2D eigenvalue weighted by molar-refractivity contribution is 7.19. The lowest BCUT2D eigenvalue weighted by Crippen LogP contribution is -2.30. The van der Waals surface area contributed by atoms with Crippen LogP contribution in [0.5, 0.6) is 0 Å². The summed E-state index contributed by atoms with van der Waals surface area (Å²) in [4.78, 5) is 13.2. The van der Waals surface area contributed by atoms with Crippen LogP contribution in [0.2, 0.25) is 0 Å². The second-order valence-electron chi connectivity index (χ2n) is 6.18. The molecule has 0 aliphatic heterocycles. The first kappa shape index (κ1) is 17.2. The Hall–Kier alpha value is -3.24. The van der Waals surface area contributed by atoms with Crippen molar-refractivity contribution in [3.8, 4) is 16.8 Å². The van der Waals surface area contributed by atoms with Crippen molar-refractivity contribution < 1.29 is 9.36 Å². The Morgan fingerprint density at radius 2 is 1.44 bits per heavy atom. The van der Waals surface area contributed by atoms with Gasteiger partial charge in [-0.2, -0.15) is 4.57 Å². The summed E-state index contributed by atoms with van der Waals surface area (Å²) in [6.45, 7) is 1.63. The summed E-state index contributed by atoms with van der Waals surface area (Å²) in [5.41, 5.74) is 3.97. The molecule has 0 spiro atoms. The van der Waals surface area contributed by atoms with Crippen molar-refractivity contribution in [2.75, 3.05) is 5.32 Å². The predicted octanol–water partition coefficient (Wildman–Crippen LogP) is 5.64. The minimum absolute atomic E-state index is 0.0674. The maximum atomic E-state index is 12.5. The van der Waals surface area contributed by atoms with Crippen LogP contribution in [-0.2, 0) is 0 Å². The van der Waals surface area contributed by atoms with Crippen LogP contribution in [0.3, 0.4) is 0 Å². The molecule has 3 nitrogen and oxygen atoms in total. The van der Waals surface area contributed by atoms with Gasteiger partial charge in [-0.15, -0.1) is 11.3 Å². The molecule has 0 atom stereocenters. The summed E-state index contributed by atoms with van der Waals surface area (Å²) in [6.07, 6.45) is 4.02. The number of ketones is 1. The molecule has 0 saturated carbocycles. The Morgan fingerprint density at radius 3 is 2.07 bits per heavy atom. The van der Waals surface area contributed by atoms with Gasteiger partial charge in [0, 0.05) is 17.8 Å². The first-order valence-corrected chi connectivity index (χ1v) is 9.57. The van der Waals surface area contributed by atoms with Gasteiger partial charge < -0.3 is 5.32 Å². The molecule has 0 radical (unpaired) electrons. The molecule has 4 aromatic rings. The molecule has 0 bridgehead atoms.